The van der Waals surface area contributed by atoms with Crippen LogP contribution in [-0.2, 0) is 0 Å². The van der Waals surface area contributed by atoms with E-state index in [1.165, 1.54) is 49.2 Å². The molecular formula is C17H28N2. The third-order valence-corrected chi connectivity index (χ3v) is 4.47. The maximum Gasteiger partial charge on any atom is 0.0294 e. The van der Waals surface area contributed by atoms with Crippen molar-refractivity contribution in [2.24, 2.45) is 0 Å². The zero-order chi connectivity index (χ0) is 13.8. The van der Waals surface area contributed by atoms with E-state index in [9.17, 15) is 0 Å². The summed E-state index contributed by atoms with van der Waals surface area (Å²) in [6, 6.07) is 7.92. The van der Waals surface area contributed by atoms with Crippen LogP contribution in [0.25, 0.3) is 0 Å². The molecule has 2 nitrogen and oxygen atoms in total. The second kappa shape index (κ2) is 6.53. The van der Waals surface area contributed by atoms with E-state index in [1.54, 1.807) is 0 Å². The summed E-state index contributed by atoms with van der Waals surface area (Å²) in [4.78, 5) is 2.55. The van der Waals surface area contributed by atoms with Crippen LogP contribution in [0.15, 0.2) is 18.2 Å². The number of likely N-dealkylation sites (tertiary alicyclic amines) is 1. The number of likely N-dealkylation sites (N-methyl/N-ethyl adjacent to an activating group) is 1. The van der Waals surface area contributed by atoms with Gasteiger partial charge < -0.3 is 10.2 Å². The molecule has 1 saturated heterocycles. The molecule has 106 valence electrons. The predicted octanol–water partition coefficient (Wildman–Crippen LogP) is 3.44. The predicted molar refractivity (Wildman–Crippen MR) is 82.6 cm³/mol. The average Bonchev–Trinajstić information content (AvgIpc) is 2.42. The Balaban J connectivity index is 1.96. The Morgan fingerprint density at radius 1 is 1.32 bits per heavy atom. The van der Waals surface area contributed by atoms with Crippen LogP contribution in [0.5, 0.6) is 0 Å². The fourth-order valence-corrected chi connectivity index (χ4v) is 2.96. The van der Waals surface area contributed by atoms with E-state index < -0.39 is 0 Å². The maximum absolute atomic E-state index is 3.80. The van der Waals surface area contributed by atoms with Crippen molar-refractivity contribution in [1.29, 1.82) is 0 Å². The Bertz CT molecular complexity index is 414. The smallest absolute Gasteiger partial charge is 0.0294 e. The Morgan fingerprint density at radius 2 is 2.11 bits per heavy atom. The summed E-state index contributed by atoms with van der Waals surface area (Å²) in [7, 11) is 0. The van der Waals surface area contributed by atoms with Crippen molar-refractivity contribution in [2.45, 2.75) is 52.6 Å². The van der Waals surface area contributed by atoms with Gasteiger partial charge in [0.1, 0.15) is 0 Å². The van der Waals surface area contributed by atoms with Gasteiger partial charge >= 0.3 is 0 Å². The van der Waals surface area contributed by atoms with Gasteiger partial charge in [-0.1, -0.05) is 25.1 Å². The Morgan fingerprint density at radius 3 is 2.79 bits per heavy atom. The van der Waals surface area contributed by atoms with Crippen LogP contribution in [0.2, 0.25) is 0 Å². The molecule has 19 heavy (non-hydrogen) atoms. The van der Waals surface area contributed by atoms with E-state index >= 15 is 0 Å². The quantitative estimate of drug-likeness (QED) is 0.892. The molecule has 0 bridgehead atoms. The van der Waals surface area contributed by atoms with Gasteiger partial charge in [0, 0.05) is 18.6 Å². The van der Waals surface area contributed by atoms with Gasteiger partial charge in [-0.05, 0) is 63.4 Å². The number of nitrogens with one attached hydrogen (secondary N) is 1. The van der Waals surface area contributed by atoms with Gasteiger partial charge in [-0.15, -0.1) is 0 Å². The minimum atomic E-state index is 0.445. The van der Waals surface area contributed by atoms with Crippen LogP contribution in [0.4, 0.5) is 0 Å². The second-order valence-electron chi connectivity index (χ2n) is 5.96. The van der Waals surface area contributed by atoms with Gasteiger partial charge in [-0.3, -0.25) is 0 Å². The molecule has 0 radical (unpaired) electrons. The molecule has 2 unspecified atom stereocenters. The van der Waals surface area contributed by atoms with Crippen LogP contribution >= 0.6 is 0 Å². The van der Waals surface area contributed by atoms with Gasteiger partial charge in [-0.25, -0.2) is 0 Å². The lowest BCUT2D eigenvalue weighted by molar-refractivity contribution is 0.192. The molecule has 0 amide bonds. The molecule has 2 heteroatoms. The molecule has 0 aromatic heterocycles. The van der Waals surface area contributed by atoms with E-state index in [0.29, 0.717) is 12.1 Å². The van der Waals surface area contributed by atoms with Gasteiger partial charge in [0.05, 0.1) is 0 Å². The summed E-state index contributed by atoms with van der Waals surface area (Å²) in [5, 5.41) is 3.80. The Labute approximate surface area is 118 Å². The average molecular weight is 260 g/mol. The minimum Gasteiger partial charge on any atom is -0.306 e. The number of hydrogen-bond acceptors (Lipinski definition) is 2. The fraction of sp³-hybridized carbons (Fsp3) is 0.647. The van der Waals surface area contributed by atoms with Crippen molar-refractivity contribution in [3.63, 3.8) is 0 Å². The van der Waals surface area contributed by atoms with Crippen molar-refractivity contribution >= 4 is 0 Å². The van der Waals surface area contributed by atoms with E-state index in [1.807, 2.05) is 0 Å². The van der Waals surface area contributed by atoms with Crippen molar-refractivity contribution in [2.75, 3.05) is 19.6 Å². The minimum absolute atomic E-state index is 0.445. The monoisotopic (exact) mass is 260 g/mol. The molecule has 1 heterocycles. The fourth-order valence-electron chi connectivity index (χ4n) is 2.96. The van der Waals surface area contributed by atoms with Crippen molar-refractivity contribution in [1.82, 2.24) is 10.2 Å². The lowest BCUT2D eigenvalue weighted by atomic mass is 9.99. The first-order valence-electron chi connectivity index (χ1n) is 7.65. The first kappa shape index (κ1) is 14.5. The van der Waals surface area contributed by atoms with Crippen LogP contribution in [-0.4, -0.2) is 30.6 Å². The molecule has 0 saturated carbocycles. The standard InChI is InChI=1S/C17H28N2/c1-5-19-10-6-7-17(12-19)18-15(4)16-9-8-13(2)14(3)11-16/h8-9,11,15,17-18H,5-7,10,12H2,1-4H3. The lowest BCUT2D eigenvalue weighted by Crippen LogP contribution is -2.46. The maximum atomic E-state index is 3.80. The zero-order valence-corrected chi connectivity index (χ0v) is 12.9. The summed E-state index contributed by atoms with van der Waals surface area (Å²) in [6.07, 6.45) is 2.64. The Hall–Kier alpha value is -0.860. The molecule has 1 aromatic rings. The van der Waals surface area contributed by atoms with E-state index in [4.69, 9.17) is 0 Å². The van der Waals surface area contributed by atoms with Crippen LogP contribution in [0.3, 0.4) is 0 Å². The first-order valence-corrected chi connectivity index (χ1v) is 7.65. The summed E-state index contributed by atoms with van der Waals surface area (Å²) in [6.45, 7) is 12.6. The van der Waals surface area contributed by atoms with Crippen molar-refractivity contribution in [3.05, 3.63) is 34.9 Å². The van der Waals surface area contributed by atoms with E-state index in [2.05, 4.69) is 56.1 Å². The number of hydrogen-bond donors (Lipinski definition) is 1. The molecule has 0 spiro atoms. The molecule has 1 N–H and O–H groups in total. The zero-order valence-electron chi connectivity index (χ0n) is 12.9. The highest BCUT2D eigenvalue weighted by Gasteiger charge is 2.20. The largest absolute Gasteiger partial charge is 0.306 e. The molecule has 1 aromatic carbocycles. The summed E-state index contributed by atoms with van der Waals surface area (Å²) in [5.74, 6) is 0. The van der Waals surface area contributed by atoms with Crippen LogP contribution in [0.1, 0.15) is 49.4 Å². The third kappa shape index (κ3) is 3.80. The van der Waals surface area contributed by atoms with Crippen LogP contribution < -0.4 is 5.32 Å². The normalized spacial score (nSPS) is 22.4. The topological polar surface area (TPSA) is 15.3 Å². The van der Waals surface area contributed by atoms with Crippen LogP contribution in [0, 0.1) is 13.8 Å². The van der Waals surface area contributed by atoms with E-state index in [-0.39, 0.29) is 0 Å². The van der Waals surface area contributed by atoms with Crippen molar-refractivity contribution < 1.29 is 0 Å². The number of piperidine rings is 1. The molecule has 2 rings (SSSR count). The molecule has 1 fully saturated rings. The molecule has 1 aliphatic heterocycles. The third-order valence-electron chi connectivity index (χ3n) is 4.47. The highest BCUT2D eigenvalue weighted by Crippen LogP contribution is 2.19. The summed E-state index contributed by atoms with van der Waals surface area (Å²) in [5.41, 5.74) is 4.19. The van der Waals surface area contributed by atoms with Gasteiger partial charge in [0.2, 0.25) is 0 Å². The second-order valence-corrected chi connectivity index (χ2v) is 5.96. The molecular weight excluding hydrogens is 232 g/mol. The lowest BCUT2D eigenvalue weighted by Gasteiger charge is -2.34. The van der Waals surface area contributed by atoms with E-state index in [0.717, 1.165) is 0 Å². The Kier molecular flexibility index (Phi) is 5.00. The summed E-state index contributed by atoms with van der Waals surface area (Å²) < 4.78 is 0. The number of aryl methyl sites for hydroxylation is 2. The molecule has 1 aliphatic rings. The summed E-state index contributed by atoms with van der Waals surface area (Å²) >= 11 is 0. The highest BCUT2D eigenvalue weighted by molar-refractivity contribution is 5.31. The molecule has 2 atom stereocenters. The highest BCUT2D eigenvalue weighted by atomic mass is 15.2. The number of rotatable bonds is 4. The SMILES string of the molecule is CCN1CCCC(NC(C)c2ccc(C)c(C)c2)C1. The first-order chi connectivity index (χ1) is 9.10. The van der Waals surface area contributed by atoms with Gasteiger partial charge in [0.25, 0.3) is 0 Å². The van der Waals surface area contributed by atoms with Gasteiger partial charge in [0.15, 0.2) is 0 Å². The molecule has 0 aliphatic carbocycles. The van der Waals surface area contributed by atoms with Gasteiger partial charge in [-0.2, -0.15) is 0 Å². The number of benzene rings is 1. The van der Waals surface area contributed by atoms with Crippen molar-refractivity contribution in [3.8, 4) is 0 Å². The number of nitrogens with zero attached hydrogens (tertiary/aromatic N) is 1.